The molecule has 0 bridgehead atoms. The number of ether oxygens (including phenoxy) is 1. The fourth-order valence-electron chi connectivity index (χ4n) is 2.21. The SMILES string of the molecule is C=CCn1c(SCCCOc2ccccc2)nnc1-c1ccco1. The first-order valence-electron chi connectivity index (χ1n) is 7.77. The molecule has 0 atom stereocenters. The summed E-state index contributed by atoms with van der Waals surface area (Å²) >= 11 is 1.66. The van der Waals surface area contributed by atoms with Crippen LogP contribution in [-0.4, -0.2) is 27.1 Å². The number of aromatic nitrogens is 3. The van der Waals surface area contributed by atoms with Gasteiger partial charge in [-0.2, -0.15) is 0 Å². The summed E-state index contributed by atoms with van der Waals surface area (Å²) in [7, 11) is 0. The lowest BCUT2D eigenvalue weighted by molar-refractivity contribution is 0.318. The second kappa shape index (κ2) is 8.40. The van der Waals surface area contributed by atoms with Crippen LogP contribution in [0.15, 0.2) is 71.0 Å². The quantitative estimate of drug-likeness (QED) is 0.330. The summed E-state index contributed by atoms with van der Waals surface area (Å²) < 4.78 is 13.1. The van der Waals surface area contributed by atoms with Crippen LogP contribution in [0.4, 0.5) is 0 Å². The molecular formula is C18H19N3O2S. The molecule has 0 amide bonds. The summed E-state index contributed by atoms with van der Waals surface area (Å²) in [6, 6.07) is 13.6. The molecule has 0 fully saturated rings. The highest BCUT2D eigenvalue weighted by Gasteiger charge is 2.15. The molecule has 3 aromatic rings. The molecule has 0 aliphatic heterocycles. The third-order valence-corrected chi connectivity index (χ3v) is 4.35. The third kappa shape index (κ3) is 4.08. The van der Waals surface area contributed by atoms with Crippen LogP contribution >= 0.6 is 11.8 Å². The van der Waals surface area contributed by atoms with E-state index in [1.807, 2.05) is 53.1 Å². The van der Waals surface area contributed by atoms with Gasteiger partial charge >= 0.3 is 0 Å². The molecule has 0 unspecified atom stereocenters. The van der Waals surface area contributed by atoms with Crippen LogP contribution in [0.1, 0.15) is 6.42 Å². The zero-order valence-corrected chi connectivity index (χ0v) is 14.1. The van der Waals surface area contributed by atoms with E-state index in [1.54, 1.807) is 18.0 Å². The Labute approximate surface area is 145 Å². The van der Waals surface area contributed by atoms with Gasteiger partial charge in [0.05, 0.1) is 12.9 Å². The van der Waals surface area contributed by atoms with Crippen molar-refractivity contribution in [1.82, 2.24) is 14.8 Å². The molecule has 3 rings (SSSR count). The molecule has 0 aliphatic rings. The number of benzene rings is 1. The zero-order chi connectivity index (χ0) is 16.6. The molecule has 0 N–H and O–H groups in total. The summed E-state index contributed by atoms with van der Waals surface area (Å²) in [6.45, 7) is 5.13. The zero-order valence-electron chi connectivity index (χ0n) is 13.3. The minimum absolute atomic E-state index is 0.645. The van der Waals surface area contributed by atoms with Crippen LogP contribution in [0.25, 0.3) is 11.6 Å². The summed E-state index contributed by atoms with van der Waals surface area (Å²) in [6.07, 6.45) is 4.39. The van der Waals surface area contributed by atoms with Crippen molar-refractivity contribution in [3.8, 4) is 17.3 Å². The molecule has 0 aliphatic carbocycles. The Hall–Kier alpha value is -2.47. The first kappa shape index (κ1) is 16.4. The second-order valence-corrected chi connectivity index (χ2v) is 6.11. The molecular weight excluding hydrogens is 322 g/mol. The van der Waals surface area contributed by atoms with Crippen molar-refractivity contribution in [3.05, 3.63) is 61.4 Å². The lowest BCUT2D eigenvalue weighted by Gasteiger charge is -2.07. The van der Waals surface area contributed by atoms with E-state index < -0.39 is 0 Å². The monoisotopic (exact) mass is 341 g/mol. The Bertz CT molecular complexity index is 754. The number of hydrogen-bond acceptors (Lipinski definition) is 5. The van der Waals surface area contributed by atoms with E-state index in [2.05, 4.69) is 16.8 Å². The van der Waals surface area contributed by atoms with Gasteiger partial charge in [0.1, 0.15) is 5.75 Å². The van der Waals surface area contributed by atoms with Gasteiger partial charge in [0.15, 0.2) is 10.9 Å². The van der Waals surface area contributed by atoms with Crippen molar-refractivity contribution in [2.75, 3.05) is 12.4 Å². The maximum absolute atomic E-state index is 5.70. The molecule has 0 radical (unpaired) electrons. The van der Waals surface area contributed by atoms with Gasteiger partial charge in [0.2, 0.25) is 5.82 Å². The molecule has 2 heterocycles. The van der Waals surface area contributed by atoms with Gasteiger partial charge in [0, 0.05) is 12.3 Å². The van der Waals surface area contributed by atoms with Gasteiger partial charge < -0.3 is 9.15 Å². The van der Waals surface area contributed by atoms with Gasteiger partial charge in [-0.25, -0.2) is 0 Å². The van der Waals surface area contributed by atoms with Gasteiger partial charge in [-0.05, 0) is 30.7 Å². The minimum Gasteiger partial charge on any atom is -0.494 e. The van der Waals surface area contributed by atoms with Gasteiger partial charge in [-0.3, -0.25) is 4.57 Å². The Morgan fingerprint density at radius 1 is 1.17 bits per heavy atom. The van der Waals surface area contributed by atoms with Crippen LogP contribution < -0.4 is 4.74 Å². The van der Waals surface area contributed by atoms with Crippen LogP contribution in [0.3, 0.4) is 0 Å². The molecule has 0 spiro atoms. The number of nitrogens with zero attached hydrogens (tertiary/aromatic N) is 3. The van der Waals surface area contributed by atoms with Crippen LogP contribution in [0, 0.1) is 0 Å². The maximum atomic E-state index is 5.70. The fourth-order valence-corrected chi connectivity index (χ4v) is 3.07. The molecule has 2 aromatic heterocycles. The van der Waals surface area contributed by atoms with Gasteiger partial charge in [-0.1, -0.05) is 36.0 Å². The van der Waals surface area contributed by atoms with Crippen molar-refractivity contribution in [3.63, 3.8) is 0 Å². The van der Waals surface area contributed by atoms with Crippen molar-refractivity contribution in [2.24, 2.45) is 0 Å². The van der Waals surface area contributed by atoms with Crippen molar-refractivity contribution in [1.29, 1.82) is 0 Å². The fraction of sp³-hybridized carbons (Fsp3) is 0.222. The Balaban J connectivity index is 1.54. The Morgan fingerprint density at radius 2 is 2.04 bits per heavy atom. The molecule has 1 aromatic carbocycles. The van der Waals surface area contributed by atoms with E-state index >= 15 is 0 Å². The van der Waals surface area contributed by atoms with E-state index in [-0.39, 0.29) is 0 Å². The number of para-hydroxylation sites is 1. The smallest absolute Gasteiger partial charge is 0.200 e. The summed E-state index contributed by atoms with van der Waals surface area (Å²) in [4.78, 5) is 0. The average Bonchev–Trinajstić information content (AvgIpc) is 3.26. The predicted octanol–water partition coefficient (Wildman–Crippen LogP) is 4.29. The first-order chi connectivity index (χ1) is 11.9. The van der Waals surface area contributed by atoms with Crippen LogP contribution in [0.2, 0.25) is 0 Å². The van der Waals surface area contributed by atoms with Gasteiger partial charge in [-0.15, -0.1) is 16.8 Å². The summed E-state index contributed by atoms with van der Waals surface area (Å²) in [5.41, 5.74) is 0. The highest BCUT2D eigenvalue weighted by molar-refractivity contribution is 7.99. The van der Waals surface area contributed by atoms with Crippen molar-refractivity contribution < 1.29 is 9.15 Å². The minimum atomic E-state index is 0.645. The lowest BCUT2D eigenvalue weighted by Crippen LogP contribution is -2.02. The number of thioether (sulfide) groups is 1. The molecule has 6 heteroatoms. The van der Waals surface area contributed by atoms with Crippen molar-refractivity contribution in [2.45, 2.75) is 18.1 Å². The maximum Gasteiger partial charge on any atom is 0.200 e. The Morgan fingerprint density at radius 3 is 2.79 bits per heavy atom. The topological polar surface area (TPSA) is 53.1 Å². The van der Waals surface area contributed by atoms with Gasteiger partial charge in [0.25, 0.3) is 0 Å². The highest BCUT2D eigenvalue weighted by Crippen LogP contribution is 2.24. The Kier molecular flexibility index (Phi) is 5.74. The summed E-state index contributed by atoms with van der Waals surface area (Å²) in [5.74, 6) is 3.24. The normalized spacial score (nSPS) is 10.7. The number of rotatable bonds is 9. The standard InChI is InChI=1S/C18H19N3O2S/c1-2-11-21-17(16-10-6-12-23-16)19-20-18(21)24-14-7-13-22-15-8-4-3-5-9-15/h2-6,8-10,12H,1,7,11,13-14H2. The van der Waals surface area contributed by atoms with E-state index in [4.69, 9.17) is 9.15 Å². The van der Waals surface area contributed by atoms with Crippen molar-refractivity contribution >= 4 is 11.8 Å². The van der Waals surface area contributed by atoms with Crippen LogP contribution in [0.5, 0.6) is 5.75 Å². The molecule has 124 valence electrons. The van der Waals surface area contributed by atoms with E-state index in [1.165, 1.54) is 0 Å². The lowest BCUT2D eigenvalue weighted by atomic mass is 10.3. The van der Waals surface area contributed by atoms with E-state index in [0.29, 0.717) is 18.9 Å². The first-order valence-corrected chi connectivity index (χ1v) is 8.75. The third-order valence-electron chi connectivity index (χ3n) is 3.30. The number of allylic oxidation sites excluding steroid dienone is 1. The number of furan rings is 1. The van der Waals surface area contributed by atoms with E-state index in [9.17, 15) is 0 Å². The molecule has 0 saturated heterocycles. The predicted molar refractivity (Wildman–Crippen MR) is 95.2 cm³/mol. The number of hydrogen-bond donors (Lipinski definition) is 0. The molecule has 5 nitrogen and oxygen atoms in total. The summed E-state index contributed by atoms with van der Waals surface area (Å²) in [5, 5.41) is 9.38. The van der Waals surface area contributed by atoms with E-state index in [0.717, 1.165) is 28.9 Å². The molecule has 0 saturated carbocycles. The molecule has 24 heavy (non-hydrogen) atoms. The van der Waals surface area contributed by atoms with Crippen LogP contribution in [-0.2, 0) is 6.54 Å². The second-order valence-electron chi connectivity index (χ2n) is 5.05. The highest BCUT2D eigenvalue weighted by atomic mass is 32.2. The largest absolute Gasteiger partial charge is 0.494 e. The average molecular weight is 341 g/mol.